The Balaban J connectivity index is 2.22. The summed E-state index contributed by atoms with van der Waals surface area (Å²) in [5.41, 5.74) is 3.49. The van der Waals surface area contributed by atoms with Crippen LogP contribution in [0.2, 0.25) is 0 Å². The molecule has 6 nitrogen and oxygen atoms in total. The molecule has 0 spiro atoms. The molecule has 2 aromatic rings. The van der Waals surface area contributed by atoms with Gasteiger partial charge in [0.25, 0.3) is 5.91 Å². The van der Waals surface area contributed by atoms with Gasteiger partial charge in [0.05, 0.1) is 6.21 Å². The van der Waals surface area contributed by atoms with Crippen LogP contribution in [0.4, 0.5) is 0 Å². The number of amides is 1. The predicted octanol–water partition coefficient (Wildman–Crippen LogP) is 2.75. The second-order valence-corrected chi connectivity index (χ2v) is 5.16. The summed E-state index contributed by atoms with van der Waals surface area (Å²) in [5.74, 6) is -0.375. The summed E-state index contributed by atoms with van der Waals surface area (Å²) in [7, 11) is 0. The van der Waals surface area contributed by atoms with E-state index in [1.807, 2.05) is 0 Å². The second kappa shape index (κ2) is 7.37. The van der Waals surface area contributed by atoms with Crippen molar-refractivity contribution >= 4 is 33.8 Å². The number of carbonyl (C=O) groups is 1. The van der Waals surface area contributed by atoms with Crippen LogP contribution in [0, 0.1) is 0 Å². The number of benzene rings is 2. The molecule has 0 unspecified atom stereocenters. The normalized spacial score (nSPS) is 11.6. The van der Waals surface area contributed by atoms with Crippen LogP contribution in [0.5, 0.6) is 5.75 Å². The molecule has 0 aromatic heterocycles. The molecule has 2 aromatic carbocycles. The van der Waals surface area contributed by atoms with Crippen LogP contribution in [0.3, 0.4) is 0 Å². The second-order valence-electron chi connectivity index (χ2n) is 4.24. The average Bonchev–Trinajstić information content (AvgIpc) is 2.51. The van der Waals surface area contributed by atoms with Crippen LogP contribution in [0.25, 0.3) is 0 Å². The summed E-state index contributed by atoms with van der Waals surface area (Å²) in [6.07, 6.45) is 1.07. The van der Waals surface area contributed by atoms with Crippen LogP contribution in [0.15, 0.2) is 63.3 Å². The molecule has 2 rings (SSSR count). The van der Waals surface area contributed by atoms with E-state index in [-0.39, 0.29) is 11.5 Å². The lowest BCUT2D eigenvalue weighted by Gasteiger charge is -2.04. The molecule has 0 aliphatic rings. The van der Waals surface area contributed by atoms with E-state index in [1.54, 1.807) is 36.4 Å². The maximum atomic E-state index is 12.0. The first kappa shape index (κ1) is 15.7. The quantitative estimate of drug-likeness (QED) is 0.444. The monoisotopic (exact) mass is 361 g/mol. The lowest BCUT2D eigenvalue weighted by Crippen LogP contribution is -2.20. The van der Waals surface area contributed by atoms with Crippen LogP contribution in [-0.2, 0) is 0 Å². The summed E-state index contributed by atoms with van der Waals surface area (Å²) in [5, 5.41) is 25.0. The number of aromatic hydroxyl groups is 1. The van der Waals surface area contributed by atoms with Gasteiger partial charge in [0.2, 0.25) is 0 Å². The average molecular weight is 362 g/mol. The molecule has 0 aliphatic heterocycles. The smallest absolute Gasteiger partial charge is 0.271 e. The Hall–Kier alpha value is -2.67. The Labute approximate surface area is 134 Å². The lowest BCUT2D eigenvalue weighted by atomic mass is 10.1. The summed E-state index contributed by atoms with van der Waals surface area (Å²) >= 11 is 3.28. The number of phenols is 1. The predicted molar refractivity (Wildman–Crippen MR) is 86.5 cm³/mol. The molecule has 7 heteroatoms. The third-order valence-electron chi connectivity index (χ3n) is 2.69. The first-order chi connectivity index (χ1) is 10.6. The van der Waals surface area contributed by atoms with Crippen molar-refractivity contribution in [1.82, 2.24) is 5.43 Å². The molecule has 0 saturated carbocycles. The topological polar surface area (TPSA) is 94.3 Å². The standard InChI is InChI=1S/C15H12BrN3O3/c16-12-5-1-4-11(7-12)15(21)19-18-14(9-17-22)10-3-2-6-13(20)8-10/h1-9,20,22H,(H,19,21). The van der Waals surface area contributed by atoms with E-state index in [0.717, 1.165) is 10.7 Å². The molecule has 0 atom stereocenters. The highest BCUT2D eigenvalue weighted by Crippen LogP contribution is 2.12. The zero-order valence-electron chi connectivity index (χ0n) is 11.3. The van der Waals surface area contributed by atoms with Crippen molar-refractivity contribution in [3.8, 4) is 5.75 Å². The highest BCUT2D eigenvalue weighted by atomic mass is 79.9. The van der Waals surface area contributed by atoms with Gasteiger partial charge in [-0.1, -0.05) is 39.3 Å². The van der Waals surface area contributed by atoms with Gasteiger partial charge in [-0.2, -0.15) is 5.10 Å². The molecule has 0 aliphatic carbocycles. The van der Waals surface area contributed by atoms with Gasteiger partial charge in [0.15, 0.2) is 0 Å². The number of hydrogen-bond donors (Lipinski definition) is 3. The molecule has 3 N–H and O–H groups in total. The van der Waals surface area contributed by atoms with Crippen molar-refractivity contribution < 1.29 is 15.1 Å². The number of hydrazone groups is 1. The number of oxime groups is 1. The SMILES string of the molecule is O=C(NN=C(C=NO)c1cccc(O)c1)c1cccc(Br)c1. The molecule has 0 bridgehead atoms. The minimum absolute atomic E-state index is 0.0369. The molecule has 112 valence electrons. The summed E-state index contributed by atoms with van der Waals surface area (Å²) in [6, 6.07) is 13.0. The van der Waals surface area contributed by atoms with Crippen LogP contribution in [0.1, 0.15) is 15.9 Å². The van der Waals surface area contributed by atoms with Gasteiger partial charge >= 0.3 is 0 Å². The highest BCUT2D eigenvalue weighted by Gasteiger charge is 2.07. The molecule has 0 heterocycles. The van der Waals surface area contributed by atoms with E-state index in [4.69, 9.17) is 5.21 Å². The van der Waals surface area contributed by atoms with Crippen molar-refractivity contribution in [2.24, 2.45) is 10.3 Å². The number of phenolic OH excluding ortho intramolecular Hbond substituents is 1. The van der Waals surface area contributed by atoms with Crippen molar-refractivity contribution in [2.75, 3.05) is 0 Å². The number of hydrogen-bond acceptors (Lipinski definition) is 5. The minimum Gasteiger partial charge on any atom is -0.508 e. The zero-order valence-corrected chi connectivity index (χ0v) is 12.9. The first-order valence-electron chi connectivity index (χ1n) is 6.20. The molecular weight excluding hydrogens is 350 g/mol. The summed E-state index contributed by atoms with van der Waals surface area (Å²) < 4.78 is 0.772. The van der Waals surface area contributed by atoms with E-state index < -0.39 is 5.91 Å². The molecule has 22 heavy (non-hydrogen) atoms. The largest absolute Gasteiger partial charge is 0.508 e. The third-order valence-corrected chi connectivity index (χ3v) is 3.18. The van der Waals surface area contributed by atoms with E-state index >= 15 is 0 Å². The maximum Gasteiger partial charge on any atom is 0.271 e. The Morgan fingerprint density at radius 2 is 1.86 bits per heavy atom. The van der Waals surface area contributed by atoms with Crippen LogP contribution >= 0.6 is 15.9 Å². The Morgan fingerprint density at radius 1 is 1.14 bits per heavy atom. The van der Waals surface area contributed by atoms with Crippen molar-refractivity contribution in [3.05, 3.63) is 64.1 Å². The van der Waals surface area contributed by atoms with Crippen LogP contribution < -0.4 is 5.43 Å². The van der Waals surface area contributed by atoms with Gasteiger partial charge in [-0.25, -0.2) is 5.43 Å². The number of nitrogens with zero attached hydrogens (tertiary/aromatic N) is 2. The van der Waals surface area contributed by atoms with Crippen molar-refractivity contribution in [1.29, 1.82) is 0 Å². The highest BCUT2D eigenvalue weighted by molar-refractivity contribution is 9.10. The number of nitrogens with one attached hydrogen (secondary N) is 1. The molecular formula is C15H12BrN3O3. The van der Waals surface area contributed by atoms with Gasteiger partial charge in [-0.05, 0) is 30.3 Å². The maximum absolute atomic E-state index is 12.0. The fraction of sp³-hybridized carbons (Fsp3) is 0. The number of carbonyl (C=O) groups excluding carboxylic acids is 1. The molecule has 1 amide bonds. The van der Waals surface area contributed by atoms with Crippen LogP contribution in [-0.4, -0.2) is 28.1 Å². The molecule has 0 fully saturated rings. The van der Waals surface area contributed by atoms with Gasteiger partial charge in [-0.3, -0.25) is 4.79 Å². The molecule has 0 radical (unpaired) electrons. The van der Waals surface area contributed by atoms with Crippen molar-refractivity contribution in [3.63, 3.8) is 0 Å². The fourth-order valence-electron chi connectivity index (χ4n) is 1.69. The lowest BCUT2D eigenvalue weighted by molar-refractivity contribution is 0.0955. The Bertz CT molecular complexity index is 744. The van der Waals surface area contributed by atoms with E-state index in [0.29, 0.717) is 11.1 Å². The third kappa shape index (κ3) is 4.16. The van der Waals surface area contributed by atoms with E-state index in [9.17, 15) is 9.90 Å². The molecule has 0 saturated heterocycles. The first-order valence-corrected chi connectivity index (χ1v) is 7.00. The van der Waals surface area contributed by atoms with Gasteiger partial charge in [0.1, 0.15) is 11.5 Å². The Morgan fingerprint density at radius 3 is 2.55 bits per heavy atom. The number of rotatable bonds is 4. The van der Waals surface area contributed by atoms with Crippen molar-refractivity contribution in [2.45, 2.75) is 0 Å². The summed E-state index contributed by atoms with van der Waals surface area (Å²) in [6.45, 7) is 0. The Kier molecular flexibility index (Phi) is 5.26. The van der Waals surface area contributed by atoms with E-state index in [2.05, 4.69) is 31.6 Å². The van der Waals surface area contributed by atoms with Gasteiger partial charge in [-0.15, -0.1) is 0 Å². The zero-order chi connectivity index (χ0) is 15.9. The van der Waals surface area contributed by atoms with E-state index in [1.165, 1.54) is 12.1 Å². The summed E-state index contributed by atoms with van der Waals surface area (Å²) in [4.78, 5) is 12.0. The fourth-order valence-corrected chi connectivity index (χ4v) is 2.09. The minimum atomic E-state index is -0.412. The number of halogens is 1. The van der Waals surface area contributed by atoms with Gasteiger partial charge < -0.3 is 10.3 Å². The van der Waals surface area contributed by atoms with Gasteiger partial charge in [0, 0.05) is 15.6 Å².